The number of aromatic nitrogens is 3. The lowest BCUT2D eigenvalue weighted by Crippen LogP contribution is -2.32. The summed E-state index contributed by atoms with van der Waals surface area (Å²) >= 11 is 0. The number of nitrogens with zero attached hydrogens (tertiary/aromatic N) is 5. The van der Waals surface area contributed by atoms with Gasteiger partial charge in [-0.3, -0.25) is 9.55 Å². The highest BCUT2D eigenvalue weighted by atomic mass is 19.1. The minimum Gasteiger partial charge on any atom is -0.494 e. The van der Waals surface area contributed by atoms with Crippen LogP contribution in [-0.2, 0) is 0 Å². The van der Waals surface area contributed by atoms with Gasteiger partial charge in [0.1, 0.15) is 17.3 Å². The molecular formula is C27H30FN5O. The van der Waals surface area contributed by atoms with Gasteiger partial charge in [0, 0.05) is 37.1 Å². The molecule has 3 heterocycles. The van der Waals surface area contributed by atoms with E-state index in [1.807, 2.05) is 47.0 Å². The van der Waals surface area contributed by atoms with E-state index in [9.17, 15) is 4.39 Å². The zero-order valence-corrected chi connectivity index (χ0v) is 19.7. The molecule has 0 unspecified atom stereocenters. The van der Waals surface area contributed by atoms with Crippen LogP contribution in [0.5, 0.6) is 5.75 Å². The molecule has 2 aromatic carbocycles. The van der Waals surface area contributed by atoms with Gasteiger partial charge in [-0.1, -0.05) is 6.07 Å². The third-order valence-corrected chi connectivity index (χ3v) is 6.47. The SMILES string of the molecule is CN(C)[C@@H]1CCN(CCCOc2ccc(-n3c(-c4ccccn4)nc4cc(F)ccc43)cc2)C1. The van der Waals surface area contributed by atoms with Crippen LogP contribution in [0, 0.1) is 5.82 Å². The third kappa shape index (κ3) is 4.81. The molecule has 5 rings (SSSR count). The molecule has 7 heteroatoms. The first-order chi connectivity index (χ1) is 16.6. The number of imidazole rings is 1. The van der Waals surface area contributed by atoms with Crippen LogP contribution >= 0.6 is 0 Å². The van der Waals surface area contributed by atoms with Gasteiger partial charge in [0.25, 0.3) is 0 Å². The maximum atomic E-state index is 13.8. The van der Waals surface area contributed by atoms with Crippen LogP contribution in [-0.4, -0.2) is 70.7 Å². The summed E-state index contributed by atoms with van der Waals surface area (Å²) in [4.78, 5) is 14.0. The lowest BCUT2D eigenvalue weighted by Gasteiger charge is -2.20. The quantitative estimate of drug-likeness (QED) is 0.360. The molecule has 1 aliphatic heterocycles. The van der Waals surface area contributed by atoms with Crippen LogP contribution in [0.3, 0.4) is 0 Å². The van der Waals surface area contributed by atoms with Crippen molar-refractivity contribution in [3.63, 3.8) is 0 Å². The first kappa shape index (κ1) is 22.5. The second-order valence-corrected chi connectivity index (χ2v) is 9.02. The Kier molecular flexibility index (Phi) is 6.56. The Balaban J connectivity index is 1.28. The van der Waals surface area contributed by atoms with Crippen molar-refractivity contribution in [1.82, 2.24) is 24.3 Å². The van der Waals surface area contributed by atoms with Crippen molar-refractivity contribution in [1.29, 1.82) is 0 Å². The van der Waals surface area contributed by atoms with Crippen molar-refractivity contribution in [3.05, 3.63) is 72.7 Å². The van der Waals surface area contributed by atoms with Gasteiger partial charge < -0.3 is 14.5 Å². The van der Waals surface area contributed by atoms with Crippen molar-refractivity contribution in [2.75, 3.05) is 40.3 Å². The van der Waals surface area contributed by atoms with Crippen molar-refractivity contribution in [3.8, 4) is 23.0 Å². The molecule has 6 nitrogen and oxygen atoms in total. The van der Waals surface area contributed by atoms with Crippen molar-refractivity contribution >= 4 is 11.0 Å². The maximum Gasteiger partial charge on any atom is 0.164 e. The minimum atomic E-state index is -0.306. The van der Waals surface area contributed by atoms with Gasteiger partial charge in [-0.15, -0.1) is 0 Å². The summed E-state index contributed by atoms with van der Waals surface area (Å²) in [5.74, 6) is 1.21. The molecule has 4 aromatic rings. The van der Waals surface area contributed by atoms with Crippen LogP contribution in [0.25, 0.3) is 28.2 Å². The molecule has 0 radical (unpaired) electrons. The van der Waals surface area contributed by atoms with E-state index in [4.69, 9.17) is 4.74 Å². The van der Waals surface area contributed by atoms with E-state index < -0.39 is 0 Å². The molecule has 2 aromatic heterocycles. The fourth-order valence-electron chi connectivity index (χ4n) is 4.59. The summed E-state index contributed by atoms with van der Waals surface area (Å²) in [6.07, 6.45) is 3.98. The van der Waals surface area contributed by atoms with E-state index in [-0.39, 0.29) is 5.82 Å². The molecule has 0 aliphatic carbocycles. The summed E-state index contributed by atoms with van der Waals surface area (Å²) in [7, 11) is 4.32. The molecule has 1 fully saturated rings. The predicted molar refractivity (Wildman–Crippen MR) is 133 cm³/mol. The molecule has 176 valence electrons. The highest BCUT2D eigenvalue weighted by molar-refractivity contribution is 5.82. The van der Waals surface area contributed by atoms with E-state index in [0.717, 1.165) is 42.2 Å². The first-order valence-electron chi connectivity index (χ1n) is 11.8. The highest BCUT2D eigenvalue weighted by Gasteiger charge is 2.23. The monoisotopic (exact) mass is 459 g/mol. The van der Waals surface area contributed by atoms with Gasteiger partial charge >= 0.3 is 0 Å². The van der Waals surface area contributed by atoms with E-state index in [1.54, 1.807) is 12.3 Å². The standard InChI is InChI=1S/C27H30FN5O/c1-31(2)22-13-16-32(19-22)15-5-17-34-23-10-8-21(9-11-23)33-26-12-7-20(28)18-25(26)30-27(33)24-6-3-4-14-29-24/h3-4,6-12,14,18,22H,5,13,15-17,19H2,1-2H3/t22-/m1/s1. The number of hydrogen-bond acceptors (Lipinski definition) is 5. The van der Waals surface area contributed by atoms with Crippen LogP contribution < -0.4 is 4.74 Å². The lowest BCUT2D eigenvalue weighted by atomic mass is 10.2. The van der Waals surface area contributed by atoms with E-state index in [1.165, 1.54) is 25.1 Å². The fourth-order valence-corrected chi connectivity index (χ4v) is 4.59. The molecule has 1 atom stereocenters. The summed E-state index contributed by atoms with van der Waals surface area (Å²) in [5, 5.41) is 0. The Morgan fingerprint density at radius 1 is 1.09 bits per heavy atom. The molecule has 0 bridgehead atoms. The maximum absolute atomic E-state index is 13.8. The Hall–Kier alpha value is -3.29. The van der Waals surface area contributed by atoms with E-state index in [0.29, 0.717) is 24.0 Å². The minimum absolute atomic E-state index is 0.306. The van der Waals surface area contributed by atoms with Crippen LogP contribution in [0.2, 0.25) is 0 Å². The number of fused-ring (bicyclic) bond motifs is 1. The smallest absolute Gasteiger partial charge is 0.164 e. The molecule has 1 aliphatic rings. The number of likely N-dealkylation sites (N-methyl/N-ethyl adjacent to an activating group) is 1. The molecule has 0 amide bonds. The number of ether oxygens (including phenoxy) is 1. The largest absolute Gasteiger partial charge is 0.494 e. The zero-order chi connectivity index (χ0) is 23.5. The Morgan fingerprint density at radius 2 is 1.94 bits per heavy atom. The molecular weight excluding hydrogens is 429 g/mol. The second kappa shape index (κ2) is 9.91. The van der Waals surface area contributed by atoms with E-state index >= 15 is 0 Å². The lowest BCUT2D eigenvalue weighted by molar-refractivity contribution is 0.242. The summed E-state index contributed by atoms with van der Waals surface area (Å²) in [6.45, 7) is 4.06. The summed E-state index contributed by atoms with van der Waals surface area (Å²) in [5.41, 5.74) is 3.09. The highest BCUT2D eigenvalue weighted by Crippen LogP contribution is 2.29. The van der Waals surface area contributed by atoms with Gasteiger partial charge in [0.05, 0.1) is 17.6 Å². The van der Waals surface area contributed by atoms with Crippen molar-refractivity contribution in [2.24, 2.45) is 0 Å². The topological polar surface area (TPSA) is 46.4 Å². The number of likely N-dealkylation sites (tertiary alicyclic amines) is 1. The van der Waals surface area contributed by atoms with Gasteiger partial charge in [-0.2, -0.15) is 0 Å². The summed E-state index contributed by atoms with van der Waals surface area (Å²) < 4.78 is 21.9. The van der Waals surface area contributed by atoms with Crippen molar-refractivity contribution in [2.45, 2.75) is 18.9 Å². The van der Waals surface area contributed by atoms with Gasteiger partial charge in [0.15, 0.2) is 5.82 Å². The number of hydrogen-bond donors (Lipinski definition) is 0. The summed E-state index contributed by atoms with van der Waals surface area (Å²) in [6, 6.07) is 19.0. The average Bonchev–Trinajstić information content (AvgIpc) is 3.48. The average molecular weight is 460 g/mol. The number of benzene rings is 2. The van der Waals surface area contributed by atoms with Gasteiger partial charge in [-0.05, 0) is 82.0 Å². The molecule has 0 N–H and O–H groups in total. The number of rotatable bonds is 8. The van der Waals surface area contributed by atoms with Crippen LogP contribution in [0.1, 0.15) is 12.8 Å². The van der Waals surface area contributed by atoms with Crippen molar-refractivity contribution < 1.29 is 9.13 Å². The Bertz CT molecular complexity index is 1240. The Morgan fingerprint density at radius 3 is 2.68 bits per heavy atom. The third-order valence-electron chi connectivity index (χ3n) is 6.47. The van der Waals surface area contributed by atoms with E-state index in [2.05, 4.69) is 33.9 Å². The Labute approximate surface area is 199 Å². The fraction of sp³-hybridized carbons (Fsp3) is 0.333. The molecule has 1 saturated heterocycles. The molecule has 34 heavy (non-hydrogen) atoms. The predicted octanol–water partition coefficient (Wildman–Crippen LogP) is 4.63. The molecule has 0 spiro atoms. The number of pyridine rings is 1. The first-order valence-corrected chi connectivity index (χ1v) is 11.8. The normalized spacial score (nSPS) is 16.5. The zero-order valence-electron chi connectivity index (χ0n) is 19.7. The second-order valence-electron chi connectivity index (χ2n) is 9.02. The molecule has 0 saturated carbocycles. The van der Waals surface area contributed by atoms with Gasteiger partial charge in [0.2, 0.25) is 0 Å². The number of halogens is 1. The van der Waals surface area contributed by atoms with Crippen LogP contribution in [0.4, 0.5) is 4.39 Å². The van der Waals surface area contributed by atoms with Gasteiger partial charge in [-0.25, -0.2) is 9.37 Å². The van der Waals surface area contributed by atoms with Crippen LogP contribution in [0.15, 0.2) is 66.9 Å².